The van der Waals surface area contributed by atoms with E-state index in [0.29, 0.717) is 0 Å². The van der Waals surface area contributed by atoms with E-state index in [4.69, 9.17) is 14.5 Å². The Morgan fingerprint density at radius 2 is 1.96 bits per heavy atom. The van der Waals surface area contributed by atoms with Gasteiger partial charge in [0.2, 0.25) is 0 Å². The maximum atomic E-state index is 5.50. The lowest BCUT2D eigenvalue weighted by atomic mass is 10.2. The lowest BCUT2D eigenvalue weighted by Gasteiger charge is -2.10. The van der Waals surface area contributed by atoms with Crippen molar-refractivity contribution in [2.45, 2.75) is 10.6 Å². The minimum atomic E-state index is 0.718. The van der Waals surface area contributed by atoms with Crippen LogP contribution in [0.3, 0.4) is 0 Å². The summed E-state index contributed by atoms with van der Waals surface area (Å²) in [6.45, 7) is 0. The standard InChI is InChI=1S/C18H16BrNO2S2/c1-21-16-8-4-7-15(17(16)22-2)18-20-13(11-24-18)10-23-14-6-3-5-12(19)9-14/h3-9,11H,10H2,1-2H3. The number of thiazole rings is 1. The van der Waals surface area contributed by atoms with Crippen LogP contribution in [0.4, 0.5) is 0 Å². The van der Waals surface area contributed by atoms with Gasteiger partial charge in [0, 0.05) is 20.5 Å². The van der Waals surface area contributed by atoms with E-state index in [1.54, 1.807) is 37.3 Å². The third kappa shape index (κ3) is 3.94. The van der Waals surface area contributed by atoms with Gasteiger partial charge in [-0.15, -0.1) is 23.1 Å². The predicted molar refractivity (Wildman–Crippen MR) is 104 cm³/mol. The fourth-order valence-corrected chi connectivity index (χ4v) is 4.61. The molecular formula is C18H16BrNO2S2. The lowest BCUT2D eigenvalue weighted by molar-refractivity contribution is 0.356. The first-order valence-electron chi connectivity index (χ1n) is 7.25. The van der Waals surface area contributed by atoms with Crippen LogP contribution >= 0.6 is 39.0 Å². The summed E-state index contributed by atoms with van der Waals surface area (Å²) in [6, 6.07) is 14.1. The number of benzene rings is 2. The van der Waals surface area contributed by atoms with Gasteiger partial charge in [-0.05, 0) is 30.3 Å². The van der Waals surface area contributed by atoms with Gasteiger partial charge in [0.1, 0.15) is 5.01 Å². The second-order valence-electron chi connectivity index (χ2n) is 4.93. The Labute approximate surface area is 158 Å². The molecule has 2 aromatic carbocycles. The normalized spacial score (nSPS) is 10.6. The molecule has 0 aliphatic rings. The van der Waals surface area contributed by atoms with E-state index in [-0.39, 0.29) is 0 Å². The van der Waals surface area contributed by atoms with E-state index < -0.39 is 0 Å². The number of thioether (sulfide) groups is 1. The van der Waals surface area contributed by atoms with Gasteiger partial charge in [-0.25, -0.2) is 4.98 Å². The quantitative estimate of drug-likeness (QED) is 0.464. The molecule has 3 rings (SSSR count). The molecular weight excluding hydrogens is 406 g/mol. The Balaban J connectivity index is 1.79. The molecule has 1 heterocycles. The van der Waals surface area contributed by atoms with Gasteiger partial charge in [0.05, 0.1) is 25.5 Å². The Kier molecular flexibility index (Phi) is 5.81. The molecule has 0 bridgehead atoms. The maximum Gasteiger partial charge on any atom is 0.170 e. The second-order valence-corrected chi connectivity index (χ2v) is 7.75. The highest BCUT2D eigenvalue weighted by Gasteiger charge is 2.14. The van der Waals surface area contributed by atoms with Gasteiger partial charge in [0.15, 0.2) is 11.5 Å². The summed E-state index contributed by atoms with van der Waals surface area (Å²) in [6.07, 6.45) is 0. The number of nitrogens with zero attached hydrogens (tertiary/aromatic N) is 1. The van der Waals surface area contributed by atoms with Crippen LogP contribution in [0.15, 0.2) is 57.2 Å². The molecule has 0 saturated carbocycles. The monoisotopic (exact) mass is 421 g/mol. The molecule has 0 radical (unpaired) electrons. The van der Waals surface area contributed by atoms with Gasteiger partial charge >= 0.3 is 0 Å². The molecule has 0 aliphatic carbocycles. The molecule has 1 aromatic heterocycles. The summed E-state index contributed by atoms with van der Waals surface area (Å²) >= 11 is 6.89. The number of rotatable bonds is 6. The minimum absolute atomic E-state index is 0.718. The lowest BCUT2D eigenvalue weighted by Crippen LogP contribution is -1.93. The topological polar surface area (TPSA) is 31.4 Å². The van der Waals surface area contributed by atoms with Crippen molar-refractivity contribution in [2.75, 3.05) is 14.2 Å². The summed E-state index contributed by atoms with van der Waals surface area (Å²) in [7, 11) is 3.29. The summed E-state index contributed by atoms with van der Waals surface area (Å²) in [5.74, 6) is 2.27. The van der Waals surface area contributed by atoms with Gasteiger partial charge in [-0.2, -0.15) is 0 Å². The smallest absolute Gasteiger partial charge is 0.170 e. The molecule has 0 fully saturated rings. The summed E-state index contributed by atoms with van der Waals surface area (Å²) in [5, 5.41) is 3.04. The van der Waals surface area contributed by atoms with Gasteiger partial charge in [-0.3, -0.25) is 0 Å². The Bertz CT molecular complexity index is 835. The highest BCUT2D eigenvalue weighted by molar-refractivity contribution is 9.10. The van der Waals surface area contributed by atoms with E-state index >= 15 is 0 Å². The first-order valence-corrected chi connectivity index (χ1v) is 9.91. The number of methoxy groups -OCH3 is 2. The highest BCUT2D eigenvalue weighted by atomic mass is 79.9. The van der Waals surface area contributed by atoms with Crippen LogP contribution in [-0.4, -0.2) is 19.2 Å². The van der Waals surface area contributed by atoms with Crippen molar-refractivity contribution in [2.24, 2.45) is 0 Å². The van der Waals surface area contributed by atoms with E-state index in [0.717, 1.165) is 38.0 Å². The van der Waals surface area contributed by atoms with Crippen molar-refractivity contribution >= 4 is 39.0 Å². The largest absolute Gasteiger partial charge is 0.493 e. The zero-order chi connectivity index (χ0) is 16.9. The van der Waals surface area contributed by atoms with Crippen molar-refractivity contribution in [1.82, 2.24) is 4.98 Å². The number of aromatic nitrogens is 1. The first kappa shape index (κ1) is 17.3. The summed E-state index contributed by atoms with van der Waals surface area (Å²) in [4.78, 5) is 5.97. The van der Waals surface area contributed by atoms with Crippen LogP contribution in [0.2, 0.25) is 0 Å². The third-order valence-electron chi connectivity index (χ3n) is 3.37. The van der Waals surface area contributed by atoms with Crippen LogP contribution in [0.1, 0.15) is 5.69 Å². The maximum absolute atomic E-state index is 5.50. The van der Waals surface area contributed by atoms with Crippen molar-refractivity contribution in [1.29, 1.82) is 0 Å². The van der Waals surface area contributed by atoms with Crippen molar-refractivity contribution in [3.05, 3.63) is 58.0 Å². The van der Waals surface area contributed by atoms with Gasteiger partial charge in [0.25, 0.3) is 0 Å². The third-order valence-corrected chi connectivity index (χ3v) is 5.81. The molecule has 0 amide bonds. The van der Waals surface area contributed by atoms with E-state index in [1.807, 2.05) is 30.3 Å². The predicted octanol–water partition coefficient (Wildman–Crippen LogP) is 5.88. The molecule has 0 unspecified atom stereocenters. The van der Waals surface area contributed by atoms with Crippen LogP contribution < -0.4 is 9.47 Å². The molecule has 24 heavy (non-hydrogen) atoms. The zero-order valence-corrected chi connectivity index (χ0v) is 16.5. The highest BCUT2D eigenvalue weighted by Crippen LogP contribution is 2.39. The molecule has 0 N–H and O–H groups in total. The molecule has 0 saturated heterocycles. The zero-order valence-electron chi connectivity index (χ0n) is 13.3. The molecule has 3 aromatic rings. The van der Waals surface area contributed by atoms with Crippen molar-refractivity contribution in [3.8, 4) is 22.1 Å². The van der Waals surface area contributed by atoms with Gasteiger partial charge < -0.3 is 9.47 Å². The van der Waals surface area contributed by atoms with Crippen LogP contribution in [0.25, 0.3) is 10.6 Å². The Morgan fingerprint density at radius 3 is 2.71 bits per heavy atom. The van der Waals surface area contributed by atoms with E-state index in [2.05, 4.69) is 33.4 Å². The minimum Gasteiger partial charge on any atom is -0.493 e. The number of hydrogen-bond donors (Lipinski definition) is 0. The molecule has 6 heteroatoms. The molecule has 0 atom stereocenters. The van der Waals surface area contributed by atoms with E-state index in [1.165, 1.54) is 4.90 Å². The average Bonchev–Trinajstić information content (AvgIpc) is 3.08. The first-order chi connectivity index (χ1) is 11.7. The summed E-state index contributed by atoms with van der Waals surface area (Å²) in [5.41, 5.74) is 2.02. The number of hydrogen-bond acceptors (Lipinski definition) is 5. The fraction of sp³-hybridized carbons (Fsp3) is 0.167. The number of ether oxygens (including phenoxy) is 2. The fourth-order valence-electron chi connectivity index (χ4n) is 2.27. The molecule has 124 valence electrons. The SMILES string of the molecule is COc1cccc(-c2nc(CSc3cccc(Br)c3)cs2)c1OC. The Hall–Kier alpha value is -1.50. The van der Waals surface area contributed by atoms with Gasteiger partial charge in [-0.1, -0.05) is 28.1 Å². The van der Waals surface area contributed by atoms with Crippen molar-refractivity contribution < 1.29 is 9.47 Å². The molecule has 0 aliphatic heterocycles. The molecule has 0 spiro atoms. The van der Waals surface area contributed by atoms with Crippen molar-refractivity contribution in [3.63, 3.8) is 0 Å². The van der Waals surface area contributed by atoms with Crippen LogP contribution in [0.5, 0.6) is 11.5 Å². The molecule has 3 nitrogen and oxygen atoms in total. The number of para-hydroxylation sites is 1. The average molecular weight is 422 g/mol. The summed E-state index contributed by atoms with van der Waals surface area (Å²) < 4.78 is 12.0. The second kappa shape index (κ2) is 8.05. The van der Waals surface area contributed by atoms with Crippen LogP contribution in [0, 0.1) is 0 Å². The van der Waals surface area contributed by atoms with E-state index in [9.17, 15) is 0 Å². The number of halogens is 1. The van der Waals surface area contributed by atoms with Crippen LogP contribution in [-0.2, 0) is 5.75 Å². The Morgan fingerprint density at radius 1 is 1.12 bits per heavy atom.